The van der Waals surface area contributed by atoms with Gasteiger partial charge in [0, 0.05) is 17.8 Å². The summed E-state index contributed by atoms with van der Waals surface area (Å²) in [7, 11) is 0. The van der Waals surface area contributed by atoms with Gasteiger partial charge in [-0.1, -0.05) is 53.7 Å². The van der Waals surface area contributed by atoms with Crippen LogP contribution in [0.3, 0.4) is 0 Å². The van der Waals surface area contributed by atoms with E-state index in [0.29, 0.717) is 18.3 Å². The predicted octanol–water partition coefficient (Wildman–Crippen LogP) is 4.11. The van der Waals surface area contributed by atoms with E-state index in [0.717, 1.165) is 24.1 Å². The van der Waals surface area contributed by atoms with E-state index in [2.05, 4.69) is 15.5 Å². The van der Waals surface area contributed by atoms with Crippen LogP contribution in [0.25, 0.3) is 11.4 Å². The summed E-state index contributed by atoms with van der Waals surface area (Å²) in [6.45, 7) is 0.673. The summed E-state index contributed by atoms with van der Waals surface area (Å²) >= 11 is 0. The number of aromatic nitrogens is 2. The Balaban J connectivity index is 1.52. The Morgan fingerprint density at radius 2 is 1.80 bits per heavy atom. The molecule has 1 fully saturated rings. The maximum absolute atomic E-state index is 12.6. The summed E-state index contributed by atoms with van der Waals surface area (Å²) in [5, 5.41) is 6.98. The fourth-order valence-corrected chi connectivity index (χ4v) is 3.06. The molecule has 2 heterocycles. The predicted molar refractivity (Wildman–Crippen MR) is 93.9 cm³/mol. The van der Waals surface area contributed by atoms with Crippen molar-refractivity contribution in [1.82, 2.24) is 15.0 Å². The molecule has 2 amide bonds. The summed E-state index contributed by atoms with van der Waals surface area (Å²) < 4.78 is 5.45. The molecule has 1 N–H and O–H groups in total. The first-order chi connectivity index (χ1) is 12.3. The molecule has 0 aliphatic carbocycles. The number of hydrogen-bond donors (Lipinski definition) is 1. The Labute approximate surface area is 145 Å². The SMILES string of the molecule is O=C(Nc1ccccc1)N1CCC[C@H]1c1nc(-c2ccccc2)no1. The van der Waals surface area contributed by atoms with Crippen molar-refractivity contribution in [2.45, 2.75) is 18.9 Å². The Morgan fingerprint density at radius 1 is 1.08 bits per heavy atom. The Bertz CT molecular complexity index is 848. The molecule has 0 unspecified atom stereocenters. The van der Waals surface area contributed by atoms with E-state index < -0.39 is 0 Å². The average Bonchev–Trinajstić information content (AvgIpc) is 3.32. The van der Waals surface area contributed by atoms with Gasteiger partial charge in [0.1, 0.15) is 6.04 Å². The maximum atomic E-state index is 12.6. The molecule has 0 radical (unpaired) electrons. The fourth-order valence-electron chi connectivity index (χ4n) is 3.06. The van der Waals surface area contributed by atoms with Crippen LogP contribution in [-0.4, -0.2) is 27.6 Å². The first kappa shape index (κ1) is 15.4. The quantitative estimate of drug-likeness (QED) is 0.782. The molecule has 1 aliphatic rings. The highest BCUT2D eigenvalue weighted by Gasteiger charge is 2.34. The summed E-state index contributed by atoms with van der Waals surface area (Å²) in [4.78, 5) is 18.9. The van der Waals surface area contributed by atoms with Gasteiger partial charge in [-0.3, -0.25) is 0 Å². The first-order valence-electron chi connectivity index (χ1n) is 8.33. The lowest BCUT2D eigenvalue weighted by molar-refractivity contribution is 0.193. The van der Waals surface area contributed by atoms with Gasteiger partial charge in [-0.05, 0) is 25.0 Å². The number of para-hydroxylation sites is 1. The van der Waals surface area contributed by atoms with Gasteiger partial charge in [0.2, 0.25) is 11.7 Å². The number of anilines is 1. The van der Waals surface area contributed by atoms with E-state index in [1.165, 1.54) is 0 Å². The van der Waals surface area contributed by atoms with Gasteiger partial charge >= 0.3 is 6.03 Å². The Kier molecular flexibility index (Phi) is 4.16. The summed E-state index contributed by atoms with van der Waals surface area (Å²) in [6.07, 6.45) is 1.73. The summed E-state index contributed by atoms with van der Waals surface area (Å²) in [6, 6.07) is 18.8. The van der Waals surface area contributed by atoms with Crippen molar-refractivity contribution in [1.29, 1.82) is 0 Å². The summed E-state index contributed by atoms with van der Waals surface area (Å²) in [5.41, 5.74) is 1.67. The molecular formula is C19H18N4O2. The molecule has 2 aromatic carbocycles. The highest BCUT2D eigenvalue weighted by molar-refractivity contribution is 5.89. The number of carbonyl (C=O) groups is 1. The second kappa shape index (κ2) is 6.76. The Hall–Kier alpha value is -3.15. The number of urea groups is 1. The second-order valence-corrected chi connectivity index (χ2v) is 5.97. The van der Waals surface area contributed by atoms with Gasteiger partial charge in [0.05, 0.1) is 0 Å². The van der Waals surface area contributed by atoms with Crippen molar-refractivity contribution in [3.8, 4) is 11.4 Å². The van der Waals surface area contributed by atoms with Gasteiger partial charge in [0.15, 0.2) is 0 Å². The molecule has 6 heteroatoms. The van der Waals surface area contributed by atoms with Crippen molar-refractivity contribution < 1.29 is 9.32 Å². The van der Waals surface area contributed by atoms with Crippen LogP contribution in [0.1, 0.15) is 24.8 Å². The molecule has 4 rings (SSSR count). The van der Waals surface area contributed by atoms with Crippen molar-refractivity contribution >= 4 is 11.7 Å². The highest BCUT2D eigenvalue weighted by atomic mass is 16.5. The third-order valence-electron chi connectivity index (χ3n) is 4.30. The number of benzene rings is 2. The fraction of sp³-hybridized carbons (Fsp3) is 0.211. The van der Waals surface area contributed by atoms with Gasteiger partial charge in [-0.2, -0.15) is 4.98 Å². The van der Waals surface area contributed by atoms with Crippen LogP contribution in [0, 0.1) is 0 Å². The lowest BCUT2D eigenvalue weighted by Gasteiger charge is -2.22. The average molecular weight is 334 g/mol. The number of nitrogens with one attached hydrogen (secondary N) is 1. The Morgan fingerprint density at radius 3 is 2.56 bits per heavy atom. The van der Waals surface area contributed by atoms with Gasteiger partial charge in [-0.15, -0.1) is 0 Å². The highest BCUT2D eigenvalue weighted by Crippen LogP contribution is 2.32. The van der Waals surface area contributed by atoms with Gasteiger partial charge in [0.25, 0.3) is 0 Å². The van der Waals surface area contributed by atoms with Gasteiger partial charge in [-0.25, -0.2) is 4.79 Å². The minimum Gasteiger partial charge on any atom is -0.337 e. The van der Waals surface area contributed by atoms with Crippen molar-refractivity contribution in [3.63, 3.8) is 0 Å². The van der Waals surface area contributed by atoms with Crippen LogP contribution in [0.2, 0.25) is 0 Å². The van der Waals surface area contributed by atoms with E-state index in [9.17, 15) is 4.79 Å². The molecule has 1 aliphatic heterocycles. The van der Waals surface area contributed by atoms with Gasteiger partial charge < -0.3 is 14.7 Å². The molecule has 25 heavy (non-hydrogen) atoms. The van der Waals surface area contributed by atoms with Crippen LogP contribution in [0.15, 0.2) is 65.2 Å². The van der Waals surface area contributed by atoms with Crippen LogP contribution >= 0.6 is 0 Å². The van der Waals surface area contributed by atoms with Crippen molar-refractivity contribution in [3.05, 3.63) is 66.6 Å². The van der Waals surface area contributed by atoms with Crippen LogP contribution in [-0.2, 0) is 0 Å². The van der Waals surface area contributed by atoms with E-state index in [-0.39, 0.29) is 12.1 Å². The molecule has 0 bridgehead atoms. The number of likely N-dealkylation sites (tertiary alicyclic amines) is 1. The van der Waals surface area contributed by atoms with E-state index in [4.69, 9.17) is 4.52 Å². The molecule has 126 valence electrons. The molecule has 6 nitrogen and oxygen atoms in total. The minimum atomic E-state index is -0.186. The zero-order valence-electron chi connectivity index (χ0n) is 13.6. The molecule has 1 saturated heterocycles. The smallest absolute Gasteiger partial charge is 0.322 e. The van der Waals surface area contributed by atoms with Crippen molar-refractivity contribution in [2.75, 3.05) is 11.9 Å². The number of amides is 2. The molecule has 1 atom stereocenters. The minimum absolute atomic E-state index is 0.145. The largest absolute Gasteiger partial charge is 0.337 e. The monoisotopic (exact) mass is 334 g/mol. The molecule has 0 spiro atoms. The normalized spacial score (nSPS) is 16.8. The van der Waals surface area contributed by atoms with Crippen LogP contribution in [0.5, 0.6) is 0 Å². The zero-order chi connectivity index (χ0) is 17.1. The van der Waals surface area contributed by atoms with Crippen LogP contribution < -0.4 is 5.32 Å². The zero-order valence-corrected chi connectivity index (χ0v) is 13.6. The third-order valence-corrected chi connectivity index (χ3v) is 4.30. The number of hydrogen-bond acceptors (Lipinski definition) is 4. The standard InChI is InChI=1S/C19H18N4O2/c24-19(20-15-10-5-2-6-11-15)23-13-7-12-16(23)18-21-17(22-25-18)14-8-3-1-4-9-14/h1-6,8-11,16H,7,12-13H2,(H,20,24)/t16-/m0/s1. The topological polar surface area (TPSA) is 71.3 Å². The number of rotatable bonds is 3. The van der Waals surface area contributed by atoms with E-state index >= 15 is 0 Å². The first-order valence-corrected chi connectivity index (χ1v) is 8.33. The van der Waals surface area contributed by atoms with Crippen LogP contribution in [0.4, 0.5) is 10.5 Å². The molecule has 1 aromatic heterocycles. The molecule has 3 aromatic rings. The van der Waals surface area contributed by atoms with E-state index in [1.54, 1.807) is 4.90 Å². The number of nitrogens with zero attached hydrogens (tertiary/aromatic N) is 3. The van der Waals surface area contributed by atoms with E-state index in [1.807, 2.05) is 60.7 Å². The lowest BCUT2D eigenvalue weighted by Crippen LogP contribution is -2.34. The number of carbonyl (C=O) groups excluding carboxylic acids is 1. The third kappa shape index (κ3) is 3.24. The van der Waals surface area contributed by atoms with Crippen molar-refractivity contribution in [2.24, 2.45) is 0 Å². The lowest BCUT2D eigenvalue weighted by atomic mass is 10.2. The molecular weight excluding hydrogens is 316 g/mol. The maximum Gasteiger partial charge on any atom is 0.322 e. The molecule has 0 saturated carbocycles. The second-order valence-electron chi connectivity index (χ2n) is 5.97. The summed E-state index contributed by atoms with van der Waals surface area (Å²) in [5.74, 6) is 1.03.